The van der Waals surface area contributed by atoms with Crippen molar-refractivity contribution in [3.05, 3.63) is 71.3 Å². The largest absolute Gasteiger partial charge is 0.387 e. The average Bonchev–Trinajstić information content (AvgIpc) is 2.61. The Morgan fingerprint density at radius 1 is 0.960 bits per heavy atom. The fourth-order valence-electron chi connectivity index (χ4n) is 2.53. The third-order valence-corrected chi connectivity index (χ3v) is 3.92. The molecule has 2 aromatic carbocycles. The maximum Gasteiger partial charge on any atom is 0.224 e. The van der Waals surface area contributed by atoms with Crippen LogP contribution in [0.25, 0.3) is 0 Å². The number of carbonyl (C=O) groups excluding carboxylic acids is 2. The van der Waals surface area contributed by atoms with Crippen molar-refractivity contribution in [1.82, 2.24) is 10.6 Å². The van der Waals surface area contributed by atoms with E-state index >= 15 is 0 Å². The number of hydrogen-bond donors (Lipinski definition) is 3. The molecule has 3 N–H and O–H groups in total. The second-order valence-corrected chi connectivity index (χ2v) is 5.94. The smallest absolute Gasteiger partial charge is 0.224 e. The molecule has 0 aliphatic rings. The predicted octanol–water partition coefficient (Wildman–Crippen LogP) is 1.89. The van der Waals surface area contributed by atoms with Crippen LogP contribution in [0.15, 0.2) is 54.6 Å². The summed E-state index contributed by atoms with van der Waals surface area (Å²) in [7, 11) is 0. The van der Waals surface area contributed by atoms with Gasteiger partial charge >= 0.3 is 0 Å². The molecule has 132 valence electrons. The Kier molecular flexibility index (Phi) is 7.16. The summed E-state index contributed by atoms with van der Waals surface area (Å²) in [5, 5.41) is 15.6. The van der Waals surface area contributed by atoms with Crippen molar-refractivity contribution in [3.8, 4) is 0 Å². The molecule has 0 heterocycles. The van der Waals surface area contributed by atoms with E-state index in [0.29, 0.717) is 6.42 Å². The number of nitrogens with one attached hydrogen (secondary N) is 2. The molecule has 2 amide bonds. The van der Waals surface area contributed by atoms with Crippen molar-refractivity contribution in [1.29, 1.82) is 0 Å². The zero-order valence-corrected chi connectivity index (χ0v) is 14.4. The molecule has 5 nitrogen and oxygen atoms in total. The maximum absolute atomic E-state index is 11.8. The van der Waals surface area contributed by atoms with Gasteiger partial charge in [-0.25, -0.2) is 0 Å². The van der Waals surface area contributed by atoms with Gasteiger partial charge in [0.05, 0.1) is 12.5 Å². The highest BCUT2D eigenvalue weighted by Gasteiger charge is 2.11. The molecule has 0 aromatic heterocycles. The lowest BCUT2D eigenvalue weighted by atomic mass is 10.0. The van der Waals surface area contributed by atoms with Gasteiger partial charge in [-0.3, -0.25) is 9.59 Å². The first kappa shape index (κ1) is 18.7. The van der Waals surface area contributed by atoms with Gasteiger partial charge in [-0.1, -0.05) is 54.6 Å². The Morgan fingerprint density at radius 2 is 1.64 bits per heavy atom. The third-order valence-electron chi connectivity index (χ3n) is 3.92. The van der Waals surface area contributed by atoms with Crippen molar-refractivity contribution in [2.45, 2.75) is 25.9 Å². The number of aliphatic hydroxyl groups is 1. The first-order valence-electron chi connectivity index (χ1n) is 8.37. The number of hydrogen-bond acceptors (Lipinski definition) is 3. The first-order valence-corrected chi connectivity index (χ1v) is 8.37. The molecule has 0 radical (unpaired) electrons. The van der Waals surface area contributed by atoms with E-state index in [4.69, 9.17) is 0 Å². The second kappa shape index (κ2) is 9.59. The van der Waals surface area contributed by atoms with Crippen molar-refractivity contribution in [3.63, 3.8) is 0 Å². The van der Waals surface area contributed by atoms with Crippen molar-refractivity contribution < 1.29 is 14.7 Å². The zero-order chi connectivity index (χ0) is 18.1. The monoisotopic (exact) mass is 340 g/mol. The van der Waals surface area contributed by atoms with Crippen molar-refractivity contribution in [2.24, 2.45) is 0 Å². The lowest BCUT2D eigenvalue weighted by molar-refractivity contribution is -0.122. The molecule has 0 bridgehead atoms. The molecular formula is C20H24N2O3. The molecule has 2 aromatic rings. The van der Waals surface area contributed by atoms with Gasteiger partial charge in [-0.2, -0.15) is 0 Å². The zero-order valence-electron chi connectivity index (χ0n) is 14.4. The summed E-state index contributed by atoms with van der Waals surface area (Å²) in [6.07, 6.45) is -0.257. The van der Waals surface area contributed by atoms with Gasteiger partial charge in [-0.15, -0.1) is 0 Å². The van der Waals surface area contributed by atoms with E-state index in [2.05, 4.69) is 10.6 Å². The molecule has 0 spiro atoms. The Hall–Kier alpha value is -2.66. The van der Waals surface area contributed by atoms with E-state index in [9.17, 15) is 14.7 Å². The number of rotatable bonds is 8. The van der Waals surface area contributed by atoms with E-state index in [-0.39, 0.29) is 31.3 Å². The summed E-state index contributed by atoms with van der Waals surface area (Å²) in [5.74, 6) is -0.313. The van der Waals surface area contributed by atoms with Crippen molar-refractivity contribution >= 4 is 11.8 Å². The van der Waals surface area contributed by atoms with Crippen LogP contribution in [0, 0.1) is 6.92 Å². The molecule has 25 heavy (non-hydrogen) atoms. The average molecular weight is 340 g/mol. The van der Waals surface area contributed by atoms with E-state index < -0.39 is 6.10 Å². The van der Waals surface area contributed by atoms with Crippen LogP contribution in [0.4, 0.5) is 0 Å². The highest BCUT2D eigenvalue weighted by Crippen LogP contribution is 2.16. The highest BCUT2D eigenvalue weighted by atomic mass is 16.3. The Bertz CT molecular complexity index is 701. The Morgan fingerprint density at radius 3 is 2.36 bits per heavy atom. The molecule has 0 fully saturated rings. The molecule has 1 unspecified atom stereocenters. The molecule has 0 aliphatic carbocycles. The SMILES string of the molecule is Cc1ccccc1C(O)CNC(=O)CCNC(=O)Cc1ccccc1. The van der Waals surface area contributed by atoms with Crippen LogP contribution in [0.3, 0.4) is 0 Å². The topological polar surface area (TPSA) is 78.4 Å². The van der Waals surface area contributed by atoms with Gasteiger partial charge in [0.2, 0.25) is 11.8 Å². The molecule has 0 saturated carbocycles. The maximum atomic E-state index is 11.8. The summed E-state index contributed by atoms with van der Waals surface area (Å²) >= 11 is 0. The minimum absolute atomic E-state index is 0.112. The molecule has 0 aliphatic heterocycles. The first-order chi connectivity index (χ1) is 12.1. The van der Waals surface area contributed by atoms with Crippen LogP contribution in [-0.2, 0) is 16.0 Å². The summed E-state index contributed by atoms with van der Waals surface area (Å²) < 4.78 is 0. The number of aliphatic hydroxyl groups excluding tert-OH is 1. The van der Waals surface area contributed by atoms with Gasteiger partial charge in [0.15, 0.2) is 0 Å². The van der Waals surface area contributed by atoms with E-state index in [1.165, 1.54) is 0 Å². The van der Waals surface area contributed by atoms with Gasteiger partial charge in [-0.05, 0) is 23.6 Å². The van der Waals surface area contributed by atoms with Crippen LogP contribution in [0.5, 0.6) is 0 Å². The Labute approximate surface area is 148 Å². The van der Waals surface area contributed by atoms with Crippen molar-refractivity contribution in [2.75, 3.05) is 13.1 Å². The summed E-state index contributed by atoms with van der Waals surface area (Å²) in [4.78, 5) is 23.6. The van der Waals surface area contributed by atoms with Crippen LogP contribution < -0.4 is 10.6 Å². The molecule has 0 saturated heterocycles. The minimum Gasteiger partial charge on any atom is -0.387 e. The summed E-state index contributed by atoms with van der Waals surface area (Å²) in [6.45, 7) is 2.35. The van der Waals surface area contributed by atoms with Gasteiger partial charge in [0, 0.05) is 19.5 Å². The molecule has 1 atom stereocenters. The number of benzene rings is 2. The second-order valence-electron chi connectivity index (χ2n) is 5.94. The molecular weight excluding hydrogens is 316 g/mol. The van der Waals surface area contributed by atoms with E-state index in [1.807, 2.05) is 61.5 Å². The van der Waals surface area contributed by atoms with Crippen LogP contribution in [0.1, 0.15) is 29.2 Å². The predicted molar refractivity (Wildman–Crippen MR) is 96.9 cm³/mol. The standard InChI is InChI=1S/C20H24N2O3/c1-15-7-5-6-10-17(15)18(23)14-22-19(24)11-12-21-20(25)13-16-8-3-2-4-9-16/h2-10,18,23H,11-14H2,1H3,(H,21,25)(H,22,24). The minimum atomic E-state index is -0.738. The number of amides is 2. The quantitative estimate of drug-likeness (QED) is 0.687. The number of aryl methyl sites for hydroxylation is 1. The van der Waals surface area contributed by atoms with Gasteiger partial charge < -0.3 is 15.7 Å². The van der Waals surface area contributed by atoms with E-state index in [1.54, 1.807) is 0 Å². The lowest BCUT2D eigenvalue weighted by Gasteiger charge is -2.14. The van der Waals surface area contributed by atoms with Crippen LogP contribution >= 0.6 is 0 Å². The summed E-state index contributed by atoms with van der Waals surface area (Å²) in [6, 6.07) is 17.0. The third kappa shape index (κ3) is 6.39. The van der Waals surface area contributed by atoms with Crippen LogP contribution in [0.2, 0.25) is 0 Å². The Balaban J connectivity index is 1.65. The fraction of sp³-hybridized carbons (Fsp3) is 0.300. The molecule has 2 rings (SSSR count). The van der Waals surface area contributed by atoms with E-state index in [0.717, 1.165) is 16.7 Å². The van der Waals surface area contributed by atoms with Gasteiger partial charge in [0.25, 0.3) is 0 Å². The van der Waals surface area contributed by atoms with Gasteiger partial charge in [0.1, 0.15) is 0 Å². The highest BCUT2D eigenvalue weighted by molar-refractivity contribution is 5.80. The normalized spacial score (nSPS) is 11.6. The molecule has 5 heteroatoms. The number of carbonyl (C=O) groups is 2. The fourth-order valence-corrected chi connectivity index (χ4v) is 2.53. The summed E-state index contributed by atoms with van der Waals surface area (Å²) in [5.41, 5.74) is 2.72. The lowest BCUT2D eigenvalue weighted by Crippen LogP contribution is -2.33. The van der Waals surface area contributed by atoms with Crippen LogP contribution in [-0.4, -0.2) is 30.0 Å².